The highest BCUT2D eigenvalue weighted by molar-refractivity contribution is 5.79. The van der Waals surface area contributed by atoms with Gasteiger partial charge in [-0.2, -0.15) is 10.2 Å². The molecule has 0 bridgehead atoms. The molecule has 0 atom stereocenters. The Kier molecular flexibility index (Phi) is 2.46. The molecule has 2 N–H and O–H groups in total. The molecule has 2 rings (SSSR count). The summed E-state index contributed by atoms with van der Waals surface area (Å²) < 4.78 is 0. The number of nitrogens with one attached hydrogen (secondary N) is 2. The summed E-state index contributed by atoms with van der Waals surface area (Å²) in [5.74, 6) is 0. The predicted molar refractivity (Wildman–Crippen MR) is 52.4 cm³/mol. The second kappa shape index (κ2) is 4.13. The maximum atomic E-state index is 3.84. The Morgan fingerprint density at radius 3 is 1.79 bits per heavy atom. The molecule has 6 nitrogen and oxygen atoms in total. The Labute approximate surface area is 79.8 Å². The summed E-state index contributed by atoms with van der Waals surface area (Å²) in [5.41, 5.74) is 1.62. The lowest BCUT2D eigenvalue weighted by Crippen LogP contribution is -1.80. The van der Waals surface area contributed by atoms with Crippen LogP contribution in [0.3, 0.4) is 0 Å². The fourth-order valence-electron chi connectivity index (χ4n) is 0.866. The summed E-state index contributed by atoms with van der Waals surface area (Å²) in [6, 6.07) is 0. The van der Waals surface area contributed by atoms with E-state index in [9.17, 15) is 0 Å². The molecule has 0 fully saturated rings. The third-order valence-electron chi connectivity index (χ3n) is 1.50. The van der Waals surface area contributed by atoms with Gasteiger partial charge in [0.05, 0.1) is 48.9 Å². The molecular formula is C8H8N6. The van der Waals surface area contributed by atoms with Crippen molar-refractivity contribution in [2.75, 3.05) is 0 Å². The van der Waals surface area contributed by atoms with E-state index < -0.39 is 0 Å². The number of H-pyrrole nitrogens is 2. The largest absolute Gasteiger partial charge is 0.344 e. The van der Waals surface area contributed by atoms with Gasteiger partial charge in [-0.1, -0.05) is 0 Å². The Hall–Kier alpha value is -2.24. The van der Waals surface area contributed by atoms with Gasteiger partial charge in [0.15, 0.2) is 0 Å². The minimum Gasteiger partial charge on any atom is -0.344 e. The van der Waals surface area contributed by atoms with Crippen LogP contribution in [0.4, 0.5) is 0 Å². The number of aromatic amines is 2. The number of hydrogen-bond donors (Lipinski definition) is 2. The molecular weight excluding hydrogens is 180 g/mol. The van der Waals surface area contributed by atoms with Crippen molar-refractivity contribution in [3.05, 3.63) is 36.4 Å². The molecule has 0 unspecified atom stereocenters. The molecule has 2 aromatic heterocycles. The quantitative estimate of drug-likeness (QED) is 0.545. The summed E-state index contributed by atoms with van der Waals surface area (Å²) in [7, 11) is 0. The predicted octanol–water partition coefficient (Wildman–Crippen LogP) is 0.586. The standard InChI is InChI=1S/C8H8N6/c1-7(11-5-9-1)3-13-14-4-8-2-10-6-12-8/h1-6H,(H,9,11)(H,10,12)/b13-3-,14-4+. The third kappa shape index (κ3) is 2.13. The highest BCUT2D eigenvalue weighted by Crippen LogP contribution is 1.87. The van der Waals surface area contributed by atoms with Crippen molar-refractivity contribution in [1.29, 1.82) is 0 Å². The van der Waals surface area contributed by atoms with Gasteiger partial charge < -0.3 is 9.97 Å². The van der Waals surface area contributed by atoms with E-state index in [-0.39, 0.29) is 0 Å². The van der Waals surface area contributed by atoms with Crippen LogP contribution in [-0.4, -0.2) is 32.4 Å². The molecule has 0 aliphatic rings. The van der Waals surface area contributed by atoms with E-state index in [1.807, 2.05) is 0 Å². The summed E-state index contributed by atoms with van der Waals surface area (Å²) in [5, 5.41) is 7.63. The monoisotopic (exact) mass is 188 g/mol. The molecule has 70 valence electrons. The molecule has 2 aromatic rings. The van der Waals surface area contributed by atoms with E-state index in [4.69, 9.17) is 0 Å². The van der Waals surface area contributed by atoms with E-state index in [2.05, 4.69) is 30.1 Å². The van der Waals surface area contributed by atoms with Crippen molar-refractivity contribution in [3.8, 4) is 0 Å². The van der Waals surface area contributed by atoms with Gasteiger partial charge in [0, 0.05) is 0 Å². The van der Waals surface area contributed by atoms with Crippen molar-refractivity contribution < 1.29 is 0 Å². The number of imidazole rings is 2. The van der Waals surface area contributed by atoms with E-state index in [1.165, 1.54) is 0 Å². The lowest BCUT2D eigenvalue weighted by molar-refractivity contribution is 1.24. The maximum absolute atomic E-state index is 3.84. The van der Waals surface area contributed by atoms with Crippen molar-refractivity contribution in [2.24, 2.45) is 10.2 Å². The molecule has 0 aromatic carbocycles. The van der Waals surface area contributed by atoms with Gasteiger partial charge in [-0.15, -0.1) is 0 Å². The average molecular weight is 188 g/mol. The van der Waals surface area contributed by atoms with Crippen LogP contribution >= 0.6 is 0 Å². The molecule has 0 spiro atoms. The molecule has 2 heterocycles. The number of aromatic nitrogens is 4. The van der Waals surface area contributed by atoms with Crippen LogP contribution in [0.15, 0.2) is 35.3 Å². The van der Waals surface area contributed by atoms with Crippen LogP contribution in [0, 0.1) is 0 Å². The number of rotatable bonds is 3. The minimum atomic E-state index is 0.812. The zero-order valence-corrected chi connectivity index (χ0v) is 7.25. The third-order valence-corrected chi connectivity index (χ3v) is 1.50. The number of hydrogen-bond acceptors (Lipinski definition) is 4. The smallest absolute Gasteiger partial charge is 0.0924 e. The van der Waals surface area contributed by atoms with Gasteiger partial charge >= 0.3 is 0 Å². The van der Waals surface area contributed by atoms with Gasteiger partial charge in [0.1, 0.15) is 0 Å². The first-order chi connectivity index (χ1) is 6.95. The first-order valence-electron chi connectivity index (χ1n) is 3.98. The van der Waals surface area contributed by atoms with Crippen LogP contribution in [-0.2, 0) is 0 Å². The molecule has 6 heteroatoms. The van der Waals surface area contributed by atoms with Crippen LogP contribution in [0.1, 0.15) is 11.4 Å². The zero-order chi connectivity index (χ0) is 9.64. The topological polar surface area (TPSA) is 82.1 Å². The SMILES string of the molecule is C(=N/N=C/c1cnc[nH]1)/c1cnc[nH]1. The first-order valence-corrected chi connectivity index (χ1v) is 3.98. The van der Waals surface area contributed by atoms with Crippen LogP contribution in [0.2, 0.25) is 0 Å². The fourth-order valence-corrected chi connectivity index (χ4v) is 0.866. The van der Waals surface area contributed by atoms with E-state index in [1.54, 1.807) is 37.5 Å². The molecule has 14 heavy (non-hydrogen) atoms. The van der Waals surface area contributed by atoms with Gasteiger partial charge in [-0.05, 0) is 0 Å². The molecule has 0 aliphatic heterocycles. The molecule has 0 radical (unpaired) electrons. The minimum absolute atomic E-state index is 0.812. The van der Waals surface area contributed by atoms with Crippen LogP contribution in [0.5, 0.6) is 0 Å². The Morgan fingerprint density at radius 1 is 0.929 bits per heavy atom. The van der Waals surface area contributed by atoms with Gasteiger partial charge in [-0.25, -0.2) is 9.97 Å². The number of nitrogens with zero attached hydrogens (tertiary/aromatic N) is 4. The van der Waals surface area contributed by atoms with Gasteiger partial charge in [0.25, 0.3) is 0 Å². The lowest BCUT2D eigenvalue weighted by Gasteiger charge is -1.80. The zero-order valence-electron chi connectivity index (χ0n) is 7.25. The first kappa shape index (κ1) is 8.36. The highest BCUT2D eigenvalue weighted by atomic mass is 15.2. The van der Waals surface area contributed by atoms with Crippen molar-refractivity contribution >= 4 is 12.4 Å². The fraction of sp³-hybridized carbons (Fsp3) is 0. The lowest BCUT2D eigenvalue weighted by atomic mass is 10.5. The van der Waals surface area contributed by atoms with E-state index in [0.29, 0.717) is 0 Å². The molecule has 0 amide bonds. The average Bonchev–Trinajstić information content (AvgIpc) is 2.86. The Bertz CT molecular complexity index is 368. The van der Waals surface area contributed by atoms with E-state index in [0.717, 1.165) is 11.4 Å². The summed E-state index contributed by atoms with van der Waals surface area (Å²) in [4.78, 5) is 13.4. The van der Waals surface area contributed by atoms with Crippen molar-refractivity contribution in [3.63, 3.8) is 0 Å². The molecule has 0 saturated heterocycles. The summed E-state index contributed by atoms with van der Waals surface area (Å²) in [6.45, 7) is 0. The van der Waals surface area contributed by atoms with Gasteiger partial charge in [-0.3, -0.25) is 0 Å². The summed E-state index contributed by atoms with van der Waals surface area (Å²) in [6.07, 6.45) is 9.66. The maximum Gasteiger partial charge on any atom is 0.0924 e. The van der Waals surface area contributed by atoms with Crippen molar-refractivity contribution in [2.45, 2.75) is 0 Å². The van der Waals surface area contributed by atoms with Crippen molar-refractivity contribution in [1.82, 2.24) is 19.9 Å². The highest BCUT2D eigenvalue weighted by Gasteiger charge is 1.85. The van der Waals surface area contributed by atoms with E-state index >= 15 is 0 Å². The second-order valence-corrected chi connectivity index (χ2v) is 2.50. The van der Waals surface area contributed by atoms with Crippen LogP contribution in [0.25, 0.3) is 0 Å². The van der Waals surface area contributed by atoms with Gasteiger partial charge in [0.2, 0.25) is 0 Å². The Morgan fingerprint density at radius 2 is 1.43 bits per heavy atom. The molecule has 0 aliphatic carbocycles. The molecule has 0 saturated carbocycles. The second-order valence-electron chi connectivity index (χ2n) is 2.50. The van der Waals surface area contributed by atoms with Crippen LogP contribution < -0.4 is 0 Å². The summed E-state index contributed by atoms with van der Waals surface area (Å²) >= 11 is 0. The Balaban J connectivity index is 1.94. The normalized spacial score (nSPS) is 11.7.